The van der Waals surface area contributed by atoms with Gasteiger partial charge in [0.1, 0.15) is 6.61 Å². The van der Waals surface area contributed by atoms with Gasteiger partial charge < -0.3 is 14.7 Å². The third kappa shape index (κ3) is 6.33. The summed E-state index contributed by atoms with van der Waals surface area (Å²) in [4.78, 5) is 20.5. The van der Waals surface area contributed by atoms with Crippen LogP contribution in [0.5, 0.6) is 0 Å². The first-order valence-corrected chi connectivity index (χ1v) is 9.58. The van der Waals surface area contributed by atoms with Gasteiger partial charge in [-0.2, -0.15) is 31.3 Å². The van der Waals surface area contributed by atoms with Gasteiger partial charge in [-0.3, -0.25) is 4.79 Å². The van der Waals surface area contributed by atoms with Crippen LogP contribution in [-0.2, 0) is 23.8 Å². The quantitative estimate of drug-likeness (QED) is 0.285. The molecule has 34 heavy (non-hydrogen) atoms. The zero-order valence-corrected chi connectivity index (χ0v) is 17.3. The third-order valence-electron chi connectivity index (χ3n) is 4.33. The molecule has 1 aromatic heterocycles. The lowest BCUT2D eigenvalue weighted by Crippen LogP contribution is -2.33. The maximum absolute atomic E-state index is 13.0. The summed E-state index contributed by atoms with van der Waals surface area (Å²) in [6, 6.07) is 9.67. The summed E-state index contributed by atoms with van der Waals surface area (Å²) in [5.41, 5.74) is -0.528. The van der Waals surface area contributed by atoms with Crippen molar-refractivity contribution in [3.05, 3.63) is 71.1 Å². The van der Waals surface area contributed by atoms with Crippen molar-refractivity contribution in [2.75, 3.05) is 0 Å². The largest absolute Gasteiger partial charge is 0.471 e. The van der Waals surface area contributed by atoms with E-state index in [9.17, 15) is 31.1 Å². The van der Waals surface area contributed by atoms with Crippen LogP contribution in [0, 0.1) is 0 Å². The molecule has 0 bridgehead atoms. The van der Waals surface area contributed by atoms with E-state index in [1.165, 1.54) is 48.7 Å². The van der Waals surface area contributed by atoms with Gasteiger partial charge in [-0.25, -0.2) is 0 Å². The number of hydrogen-bond acceptors (Lipinski definition) is 6. The molecule has 1 unspecified atom stereocenters. The lowest BCUT2D eigenvalue weighted by Gasteiger charge is -2.12. The fourth-order valence-corrected chi connectivity index (χ4v) is 2.72. The first kappa shape index (κ1) is 24.7. The van der Waals surface area contributed by atoms with Crippen LogP contribution in [0.2, 0.25) is 0 Å². The fourth-order valence-electron chi connectivity index (χ4n) is 2.72. The summed E-state index contributed by atoms with van der Waals surface area (Å²) in [6.45, 7) is 1.14. The SMILES string of the molecule is CC(C=NOCc1ccccc1C(F)(F)F)NC(=O)c1ccc(-c2noc(C(F)(F)F)n2)cc1. The molecule has 1 atom stereocenters. The predicted molar refractivity (Wildman–Crippen MR) is 106 cm³/mol. The van der Waals surface area contributed by atoms with Crippen molar-refractivity contribution in [1.82, 2.24) is 15.5 Å². The minimum atomic E-state index is -4.77. The van der Waals surface area contributed by atoms with E-state index in [0.717, 1.165) is 6.07 Å². The Balaban J connectivity index is 1.54. The van der Waals surface area contributed by atoms with Crippen molar-refractivity contribution in [3.8, 4) is 11.4 Å². The first-order valence-electron chi connectivity index (χ1n) is 9.58. The number of amides is 1. The summed E-state index contributed by atoms with van der Waals surface area (Å²) in [7, 11) is 0. The number of alkyl halides is 6. The highest BCUT2D eigenvalue weighted by Gasteiger charge is 2.38. The van der Waals surface area contributed by atoms with Crippen molar-refractivity contribution in [1.29, 1.82) is 0 Å². The van der Waals surface area contributed by atoms with E-state index in [1.807, 2.05) is 0 Å². The Morgan fingerprint density at radius 2 is 1.76 bits per heavy atom. The van der Waals surface area contributed by atoms with Gasteiger partial charge in [-0.1, -0.05) is 40.6 Å². The Labute approximate surface area is 188 Å². The minimum Gasteiger partial charge on any atom is -0.391 e. The van der Waals surface area contributed by atoms with Crippen molar-refractivity contribution in [3.63, 3.8) is 0 Å². The highest BCUT2D eigenvalue weighted by atomic mass is 19.4. The Morgan fingerprint density at radius 3 is 2.38 bits per heavy atom. The second kappa shape index (κ2) is 9.93. The molecule has 13 heteroatoms. The molecule has 0 aliphatic rings. The van der Waals surface area contributed by atoms with Crippen LogP contribution >= 0.6 is 0 Å². The van der Waals surface area contributed by atoms with Gasteiger partial charge >= 0.3 is 18.2 Å². The number of carbonyl (C=O) groups is 1. The topological polar surface area (TPSA) is 89.6 Å². The van der Waals surface area contributed by atoms with Gasteiger partial charge in [-0.05, 0) is 25.1 Å². The van der Waals surface area contributed by atoms with E-state index in [0.29, 0.717) is 0 Å². The summed E-state index contributed by atoms with van der Waals surface area (Å²) in [5, 5.41) is 9.41. The molecule has 3 rings (SSSR count). The first-order chi connectivity index (χ1) is 15.9. The van der Waals surface area contributed by atoms with Gasteiger partial charge in [0, 0.05) is 16.7 Å². The molecule has 7 nitrogen and oxygen atoms in total. The zero-order valence-electron chi connectivity index (χ0n) is 17.3. The standard InChI is InChI=1S/C21H16F6N4O3/c1-12(10-28-33-11-15-4-2-3-5-16(15)20(22,23)24)29-18(32)14-8-6-13(7-9-14)17-30-19(34-31-17)21(25,26)27/h2-10,12H,11H2,1H3,(H,29,32). The minimum absolute atomic E-state index is 0.0899. The lowest BCUT2D eigenvalue weighted by molar-refractivity contribution is -0.159. The Bertz CT molecular complexity index is 1160. The monoisotopic (exact) mass is 486 g/mol. The maximum Gasteiger partial charge on any atom is 0.471 e. The summed E-state index contributed by atoms with van der Waals surface area (Å²) >= 11 is 0. The molecule has 0 saturated heterocycles. The smallest absolute Gasteiger partial charge is 0.391 e. The molecule has 0 aliphatic heterocycles. The summed E-state index contributed by atoms with van der Waals surface area (Å²) < 4.78 is 80.7. The van der Waals surface area contributed by atoms with Crippen LogP contribution in [-0.4, -0.2) is 28.3 Å². The van der Waals surface area contributed by atoms with E-state index in [4.69, 9.17) is 4.84 Å². The fraction of sp³-hybridized carbons (Fsp3) is 0.238. The molecular weight excluding hydrogens is 470 g/mol. The second-order valence-electron chi connectivity index (χ2n) is 6.94. The number of aromatic nitrogens is 2. The predicted octanol–water partition coefficient (Wildman–Crippen LogP) is 5.10. The van der Waals surface area contributed by atoms with Crippen LogP contribution in [0.4, 0.5) is 26.3 Å². The molecule has 0 aliphatic carbocycles. The van der Waals surface area contributed by atoms with Crippen molar-refractivity contribution in [2.24, 2.45) is 5.16 Å². The Hall–Kier alpha value is -3.90. The number of halogens is 6. The van der Waals surface area contributed by atoms with E-state index < -0.39 is 42.4 Å². The molecule has 0 spiro atoms. The van der Waals surface area contributed by atoms with Gasteiger partial charge in [0.2, 0.25) is 5.82 Å². The van der Waals surface area contributed by atoms with Gasteiger partial charge in [-0.15, -0.1) is 0 Å². The van der Waals surface area contributed by atoms with Crippen LogP contribution in [0.1, 0.15) is 34.3 Å². The van der Waals surface area contributed by atoms with Gasteiger partial charge in [0.05, 0.1) is 17.8 Å². The number of nitrogens with one attached hydrogen (secondary N) is 1. The number of rotatable bonds is 7. The highest BCUT2D eigenvalue weighted by Crippen LogP contribution is 2.32. The Kier molecular flexibility index (Phi) is 7.23. The third-order valence-corrected chi connectivity index (χ3v) is 4.33. The van der Waals surface area contributed by atoms with Crippen LogP contribution in [0.15, 0.2) is 58.2 Å². The van der Waals surface area contributed by atoms with Crippen molar-refractivity contribution < 1.29 is 40.5 Å². The lowest BCUT2D eigenvalue weighted by atomic mass is 10.1. The number of carbonyl (C=O) groups excluding carboxylic acids is 1. The average molecular weight is 486 g/mol. The van der Waals surface area contributed by atoms with E-state index in [2.05, 4.69) is 25.1 Å². The Morgan fingerprint density at radius 1 is 1.09 bits per heavy atom. The molecule has 0 radical (unpaired) electrons. The maximum atomic E-state index is 13.0. The van der Waals surface area contributed by atoms with Crippen molar-refractivity contribution >= 4 is 12.1 Å². The molecule has 0 saturated carbocycles. The van der Waals surface area contributed by atoms with Crippen LogP contribution < -0.4 is 5.32 Å². The number of benzene rings is 2. The van der Waals surface area contributed by atoms with E-state index in [1.54, 1.807) is 6.92 Å². The normalized spacial score (nSPS) is 13.1. The summed E-state index contributed by atoms with van der Waals surface area (Å²) in [6.07, 6.45) is -8.10. The molecule has 3 aromatic rings. The number of oxime groups is 1. The van der Waals surface area contributed by atoms with E-state index in [-0.39, 0.29) is 22.5 Å². The van der Waals surface area contributed by atoms with Crippen molar-refractivity contribution in [2.45, 2.75) is 31.9 Å². The number of hydrogen-bond donors (Lipinski definition) is 1. The highest BCUT2D eigenvalue weighted by molar-refractivity contribution is 5.96. The molecule has 1 N–H and O–H groups in total. The van der Waals surface area contributed by atoms with Gasteiger partial charge in [0.15, 0.2) is 0 Å². The molecule has 0 fully saturated rings. The number of nitrogens with zero attached hydrogens (tertiary/aromatic N) is 3. The second-order valence-corrected chi connectivity index (χ2v) is 6.94. The van der Waals surface area contributed by atoms with Gasteiger partial charge in [0.25, 0.3) is 5.91 Å². The van der Waals surface area contributed by atoms with Crippen LogP contribution in [0.3, 0.4) is 0 Å². The molecule has 1 amide bonds. The molecule has 2 aromatic carbocycles. The molecule has 1 heterocycles. The van der Waals surface area contributed by atoms with Crippen LogP contribution in [0.25, 0.3) is 11.4 Å². The molecule has 180 valence electrons. The summed E-state index contributed by atoms with van der Waals surface area (Å²) in [5.74, 6) is -2.30. The average Bonchev–Trinajstić information content (AvgIpc) is 3.27. The van der Waals surface area contributed by atoms with E-state index >= 15 is 0 Å². The zero-order chi connectivity index (χ0) is 24.9. The molecular formula is C21H16F6N4O3.